The van der Waals surface area contributed by atoms with Gasteiger partial charge in [-0.25, -0.2) is 0 Å². The third kappa shape index (κ3) is 3.21. The van der Waals surface area contributed by atoms with Crippen LogP contribution in [0.25, 0.3) is 0 Å². The minimum absolute atomic E-state index is 0.222. The molecule has 0 radical (unpaired) electrons. The second-order valence-corrected chi connectivity index (χ2v) is 5.29. The molecule has 1 saturated carbocycles. The van der Waals surface area contributed by atoms with E-state index in [0.717, 1.165) is 25.7 Å². The molecule has 96 valence electrons. The molecule has 3 atom stereocenters. The zero-order valence-corrected chi connectivity index (χ0v) is 10.9. The van der Waals surface area contributed by atoms with Crippen molar-refractivity contribution >= 4 is 0 Å². The largest absolute Gasteiger partial charge is 0.396 e. The Bertz CT molecular complexity index is 193. The molecule has 0 unspecified atom stereocenters. The maximum Gasteiger partial charge on any atom is 0.0712 e. The maximum absolute atomic E-state index is 10.4. The molecule has 0 amide bonds. The Morgan fingerprint density at radius 1 is 1.00 bits per heavy atom. The van der Waals surface area contributed by atoms with Gasteiger partial charge >= 0.3 is 0 Å². The Labute approximate surface area is 100 Å². The lowest BCUT2D eigenvalue weighted by Gasteiger charge is -2.10. The summed E-state index contributed by atoms with van der Waals surface area (Å²) in [4.78, 5) is 0. The van der Waals surface area contributed by atoms with E-state index in [0.29, 0.717) is 11.8 Å². The average Bonchev–Trinajstić information content (AvgIpc) is 2.83. The van der Waals surface area contributed by atoms with Gasteiger partial charge in [-0.1, -0.05) is 52.4 Å². The SMILES string of the molecule is CCCCCCC[C@]1(O)[C@H](CC)[C@H]1CCO. The van der Waals surface area contributed by atoms with E-state index >= 15 is 0 Å². The first-order chi connectivity index (χ1) is 7.70. The lowest BCUT2D eigenvalue weighted by molar-refractivity contribution is 0.0986. The highest BCUT2D eigenvalue weighted by molar-refractivity contribution is 5.10. The summed E-state index contributed by atoms with van der Waals surface area (Å²) in [5.41, 5.74) is -0.427. The van der Waals surface area contributed by atoms with Crippen molar-refractivity contribution in [2.45, 2.75) is 70.8 Å². The minimum Gasteiger partial charge on any atom is -0.396 e. The lowest BCUT2D eigenvalue weighted by Crippen LogP contribution is -2.13. The highest BCUT2D eigenvalue weighted by Gasteiger charge is 2.60. The zero-order valence-electron chi connectivity index (χ0n) is 10.9. The van der Waals surface area contributed by atoms with Gasteiger partial charge in [0.2, 0.25) is 0 Å². The molecule has 0 aromatic carbocycles. The van der Waals surface area contributed by atoms with Crippen molar-refractivity contribution in [1.29, 1.82) is 0 Å². The van der Waals surface area contributed by atoms with E-state index < -0.39 is 5.60 Å². The minimum atomic E-state index is -0.427. The molecule has 1 fully saturated rings. The molecule has 1 rings (SSSR count). The van der Waals surface area contributed by atoms with Crippen LogP contribution in [0.1, 0.15) is 65.2 Å². The smallest absolute Gasteiger partial charge is 0.0712 e. The van der Waals surface area contributed by atoms with Crippen molar-refractivity contribution in [1.82, 2.24) is 0 Å². The number of aliphatic hydroxyl groups excluding tert-OH is 1. The summed E-state index contributed by atoms with van der Waals surface area (Å²) < 4.78 is 0. The van der Waals surface area contributed by atoms with Gasteiger partial charge in [0.1, 0.15) is 0 Å². The van der Waals surface area contributed by atoms with Crippen LogP contribution in [-0.4, -0.2) is 22.4 Å². The van der Waals surface area contributed by atoms with Gasteiger partial charge in [0.15, 0.2) is 0 Å². The first-order valence-corrected chi connectivity index (χ1v) is 7.03. The van der Waals surface area contributed by atoms with Crippen LogP contribution in [0.15, 0.2) is 0 Å². The van der Waals surface area contributed by atoms with Gasteiger partial charge in [-0.2, -0.15) is 0 Å². The van der Waals surface area contributed by atoms with Crippen LogP contribution in [0.4, 0.5) is 0 Å². The van der Waals surface area contributed by atoms with E-state index in [1.54, 1.807) is 0 Å². The highest BCUT2D eigenvalue weighted by atomic mass is 16.3. The number of unbranched alkanes of at least 4 members (excludes halogenated alkanes) is 4. The predicted molar refractivity (Wildman–Crippen MR) is 67.3 cm³/mol. The fourth-order valence-electron chi connectivity index (χ4n) is 3.20. The van der Waals surface area contributed by atoms with Gasteiger partial charge in [-0.15, -0.1) is 0 Å². The Morgan fingerprint density at radius 3 is 2.25 bits per heavy atom. The number of hydrogen-bond donors (Lipinski definition) is 2. The van der Waals surface area contributed by atoms with Crippen molar-refractivity contribution in [2.24, 2.45) is 11.8 Å². The van der Waals surface area contributed by atoms with Gasteiger partial charge in [-0.05, 0) is 24.7 Å². The molecular weight excluding hydrogens is 200 g/mol. The second kappa shape index (κ2) is 6.61. The summed E-state index contributed by atoms with van der Waals surface area (Å²) in [7, 11) is 0. The zero-order chi connectivity index (χ0) is 12.0. The van der Waals surface area contributed by atoms with Gasteiger partial charge in [-0.3, -0.25) is 0 Å². The molecular formula is C14H28O2. The van der Waals surface area contributed by atoms with Crippen molar-refractivity contribution in [2.75, 3.05) is 6.61 Å². The third-order valence-corrected chi connectivity index (χ3v) is 4.22. The van der Waals surface area contributed by atoms with Crippen LogP contribution in [0.5, 0.6) is 0 Å². The maximum atomic E-state index is 10.4. The summed E-state index contributed by atoms with van der Waals surface area (Å²) in [6.45, 7) is 4.59. The predicted octanol–water partition coefficient (Wildman–Crippen LogP) is 3.12. The van der Waals surface area contributed by atoms with Crippen LogP contribution in [-0.2, 0) is 0 Å². The van der Waals surface area contributed by atoms with E-state index in [-0.39, 0.29) is 6.61 Å². The molecule has 0 spiro atoms. The molecule has 0 heterocycles. The Balaban J connectivity index is 2.19. The van der Waals surface area contributed by atoms with Crippen molar-refractivity contribution in [3.63, 3.8) is 0 Å². The first-order valence-electron chi connectivity index (χ1n) is 7.03. The van der Waals surface area contributed by atoms with Gasteiger partial charge < -0.3 is 10.2 Å². The standard InChI is InChI=1S/C14H28O2/c1-3-5-6-7-8-10-14(16)12(4-2)13(14)9-11-15/h12-13,15-16H,3-11H2,1-2H3/t12-,13-,14+/m1/s1. The molecule has 2 N–H and O–H groups in total. The van der Waals surface area contributed by atoms with E-state index in [4.69, 9.17) is 5.11 Å². The van der Waals surface area contributed by atoms with E-state index in [1.165, 1.54) is 25.7 Å². The molecule has 0 aromatic heterocycles. The number of rotatable bonds is 9. The lowest BCUT2D eigenvalue weighted by atomic mass is 10.0. The first kappa shape index (κ1) is 14.0. The second-order valence-electron chi connectivity index (χ2n) is 5.29. The molecule has 1 aliphatic rings. The van der Waals surface area contributed by atoms with Crippen LogP contribution in [0, 0.1) is 11.8 Å². The van der Waals surface area contributed by atoms with Crippen LogP contribution in [0.2, 0.25) is 0 Å². The van der Waals surface area contributed by atoms with E-state index in [9.17, 15) is 5.11 Å². The summed E-state index contributed by atoms with van der Waals surface area (Å²) >= 11 is 0. The molecule has 0 aromatic rings. The summed E-state index contributed by atoms with van der Waals surface area (Å²) in [5.74, 6) is 0.819. The molecule has 0 saturated heterocycles. The summed E-state index contributed by atoms with van der Waals surface area (Å²) in [6.07, 6.45) is 9.06. The van der Waals surface area contributed by atoms with E-state index in [2.05, 4.69) is 13.8 Å². The summed E-state index contributed by atoms with van der Waals surface area (Å²) in [5, 5.41) is 19.4. The quantitative estimate of drug-likeness (QED) is 0.595. The molecule has 2 heteroatoms. The van der Waals surface area contributed by atoms with Gasteiger partial charge in [0.05, 0.1) is 5.60 Å². The van der Waals surface area contributed by atoms with Gasteiger partial charge in [0, 0.05) is 6.61 Å². The molecule has 1 aliphatic carbocycles. The van der Waals surface area contributed by atoms with Gasteiger partial charge in [0.25, 0.3) is 0 Å². The van der Waals surface area contributed by atoms with Crippen molar-refractivity contribution in [3.05, 3.63) is 0 Å². The molecule has 16 heavy (non-hydrogen) atoms. The molecule has 2 nitrogen and oxygen atoms in total. The number of aliphatic hydroxyl groups is 2. The van der Waals surface area contributed by atoms with Crippen LogP contribution < -0.4 is 0 Å². The normalized spacial score (nSPS) is 33.0. The average molecular weight is 228 g/mol. The highest BCUT2D eigenvalue weighted by Crippen LogP contribution is 2.57. The topological polar surface area (TPSA) is 40.5 Å². The number of hydrogen-bond acceptors (Lipinski definition) is 2. The summed E-state index contributed by atoms with van der Waals surface area (Å²) in [6, 6.07) is 0. The monoisotopic (exact) mass is 228 g/mol. The fraction of sp³-hybridized carbons (Fsp3) is 1.00. The van der Waals surface area contributed by atoms with Crippen LogP contribution in [0.3, 0.4) is 0 Å². The van der Waals surface area contributed by atoms with Crippen molar-refractivity contribution in [3.8, 4) is 0 Å². The Kier molecular flexibility index (Phi) is 5.77. The molecule has 0 bridgehead atoms. The Hall–Kier alpha value is -0.0800. The third-order valence-electron chi connectivity index (χ3n) is 4.22. The van der Waals surface area contributed by atoms with E-state index in [1.807, 2.05) is 0 Å². The van der Waals surface area contributed by atoms with Crippen molar-refractivity contribution < 1.29 is 10.2 Å². The molecule has 0 aliphatic heterocycles. The Morgan fingerprint density at radius 2 is 1.69 bits per heavy atom. The fourth-order valence-corrected chi connectivity index (χ4v) is 3.20. The van der Waals surface area contributed by atoms with Crippen LogP contribution >= 0.6 is 0 Å².